The summed E-state index contributed by atoms with van der Waals surface area (Å²) in [7, 11) is 0. The summed E-state index contributed by atoms with van der Waals surface area (Å²) in [5, 5.41) is 18.6. The van der Waals surface area contributed by atoms with Gasteiger partial charge in [-0.2, -0.15) is 11.8 Å². The molecule has 2 atom stereocenters. The molecular formula is C16H21NO6S. The number of nitrogens with zero attached hydrogens (tertiary/aromatic N) is 1. The largest absolute Gasteiger partial charge is 0.480 e. The van der Waals surface area contributed by atoms with Gasteiger partial charge in [0, 0.05) is 0 Å². The van der Waals surface area contributed by atoms with E-state index in [9.17, 15) is 24.6 Å². The van der Waals surface area contributed by atoms with Gasteiger partial charge in [-0.15, -0.1) is 0 Å². The van der Waals surface area contributed by atoms with Gasteiger partial charge < -0.3 is 14.9 Å². The van der Waals surface area contributed by atoms with Crippen molar-refractivity contribution < 1.29 is 29.3 Å². The van der Waals surface area contributed by atoms with Crippen LogP contribution >= 0.6 is 11.8 Å². The van der Waals surface area contributed by atoms with Crippen molar-refractivity contribution in [1.29, 1.82) is 0 Å². The van der Waals surface area contributed by atoms with E-state index in [1.807, 2.05) is 6.07 Å². The SMILES string of the molecule is CSCC[C@@H](C(=O)O)N(C(=O)OCc1ccccc1)C(C)C(=O)O. The number of rotatable bonds is 9. The van der Waals surface area contributed by atoms with Crippen LogP contribution in [0, 0.1) is 0 Å². The maximum Gasteiger partial charge on any atom is 0.411 e. The predicted octanol–water partition coefficient (Wildman–Crippen LogP) is 2.30. The fourth-order valence-corrected chi connectivity index (χ4v) is 2.54. The molecule has 0 aliphatic carbocycles. The lowest BCUT2D eigenvalue weighted by Crippen LogP contribution is -2.53. The molecule has 132 valence electrons. The van der Waals surface area contributed by atoms with Crippen LogP contribution in [-0.4, -0.2) is 57.2 Å². The van der Waals surface area contributed by atoms with Crippen LogP contribution < -0.4 is 0 Å². The van der Waals surface area contributed by atoms with E-state index in [1.54, 1.807) is 30.5 Å². The first kappa shape index (κ1) is 19.8. The molecule has 0 heterocycles. The quantitative estimate of drug-likeness (QED) is 0.700. The highest BCUT2D eigenvalue weighted by atomic mass is 32.2. The lowest BCUT2D eigenvalue weighted by atomic mass is 10.1. The number of benzene rings is 1. The summed E-state index contributed by atoms with van der Waals surface area (Å²) in [5.74, 6) is -2.07. The highest BCUT2D eigenvalue weighted by molar-refractivity contribution is 7.98. The van der Waals surface area contributed by atoms with Gasteiger partial charge in [-0.05, 0) is 30.9 Å². The van der Waals surface area contributed by atoms with Gasteiger partial charge in [0.05, 0.1) is 0 Å². The van der Waals surface area contributed by atoms with E-state index in [0.717, 1.165) is 10.5 Å². The van der Waals surface area contributed by atoms with E-state index < -0.39 is 30.1 Å². The van der Waals surface area contributed by atoms with Gasteiger partial charge in [0.25, 0.3) is 0 Å². The zero-order valence-electron chi connectivity index (χ0n) is 13.5. The van der Waals surface area contributed by atoms with Crippen LogP contribution in [0.4, 0.5) is 4.79 Å². The molecule has 1 aromatic rings. The molecule has 0 fully saturated rings. The van der Waals surface area contributed by atoms with Crippen molar-refractivity contribution in [3.05, 3.63) is 35.9 Å². The van der Waals surface area contributed by atoms with Gasteiger partial charge in [0.15, 0.2) is 0 Å². The summed E-state index contributed by atoms with van der Waals surface area (Å²) in [6, 6.07) is 6.30. The number of carboxylic acids is 2. The Morgan fingerprint density at radius 2 is 1.79 bits per heavy atom. The van der Waals surface area contributed by atoms with Crippen LogP contribution in [0.1, 0.15) is 18.9 Å². The summed E-state index contributed by atoms with van der Waals surface area (Å²) in [6.45, 7) is 1.21. The number of hydrogen-bond acceptors (Lipinski definition) is 5. The molecule has 0 bridgehead atoms. The second-order valence-corrected chi connectivity index (χ2v) is 6.08. The molecule has 0 saturated carbocycles. The Balaban J connectivity index is 2.92. The minimum absolute atomic E-state index is 0.0582. The molecule has 0 aromatic heterocycles. The summed E-state index contributed by atoms with van der Waals surface area (Å²) in [5.41, 5.74) is 0.727. The van der Waals surface area contributed by atoms with Gasteiger partial charge in [-0.1, -0.05) is 30.3 Å². The molecule has 7 nitrogen and oxygen atoms in total. The molecule has 0 radical (unpaired) electrons. The number of carbonyl (C=O) groups excluding carboxylic acids is 1. The van der Waals surface area contributed by atoms with Crippen LogP contribution in [0.3, 0.4) is 0 Å². The van der Waals surface area contributed by atoms with Crippen molar-refractivity contribution in [3.63, 3.8) is 0 Å². The molecule has 1 rings (SSSR count). The molecule has 0 aliphatic rings. The molecule has 1 unspecified atom stereocenters. The maximum absolute atomic E-state index is 12.3. The van der Waals surface area contributed by atoms with Crippen molar-refractivity contribution in [2.24, 2.45) is 0 Å². The fraction of sp³-hybridized carbons (Fsp3) is 0.438. The second kappa shape index (κ2) is 9.82. The van der Waals surface area contributed by atoms with Gasteiger partial charge >= 0.3 is 18.0 Å². The number of thioether (sulfide) groups is 1. The lowest BCUT2D eigenvalue weighted by Gasteiger charge is -2.31. The number of ether oxygens (including phenoxy) is 1. The second-order valence-electron chi connectivity index (χ2n) is 5.10. The first-order chi connectivity index (χ1) is 11.4. The van der Waals surface area contributed by atoms with E-state index in [-0.39, 0.29) is 13.0 Å². The minimum atomic E-state index is -1.31. The molecule has 1 aromatic carbocycles. The third-order valence-electron chi connectivity index (χ3n) is 3.41. The standard InChI is InChI=1S/C16H21NO6S/c1-11(14(18)19)17(13(15(20)21)8-9-24-2)16(22)23-10-12-6-4-3-5-7-12/h3-7,11,13H,8-10H2,1-2H3,(H,18,19)(H,20,21)/t11?,13-/m0/s1. The summed E-state index contributed by atoms with van der Waals surface area (Å²) in [6.07, 6.45) is 0.980. The van der Waals surface area contributed by atoms with Gasteiger partial charge in [-0.3, -0.25) is 4.90 Å². The van der Waals surface area contributed by atoms with Crippen molar-refractivity contribution >= 4 is 29.8 Å². The van der Waals surface area contributed by atoms with E-state index in [4.69, 9.17) is 4.74 Å². The average molecular weight is 355 g/mol. The Bertz CT molecular complexity index is 565. The Labute approximate surface area is 144 Å². The number of carboxylic acid groups (broad SMARTS) is 2. The Morgan fingerprint density at radius 3 is 2.29 bits per heavy atom. The molecular weight excluding hydrogens is 334 g/mol. The molecule has 2 N–H and O–H groups in total. The summed E-state index contributed by atoms with van der Waals surface area (Å²) >= 11 is 1.42. The van der Waals surface area contributed by atoms with Crippen molar-refractivity contribution in [2.45, 2.75) is 32.0 Å². The molecule has 0 aliphatic heterocycles. The first-order valence-corrected chi connectivity index (χ1v) is 8.71. The molecule has 24 heavy (non-hydrogen) atoms. The third kappa shape index (κ3) is 5.77. The molecule has 0 saturated heterocycles. The number of amides is 1. The predicted molar refractivity (Wildman–Crippen MR) is 90.0 cm³/mol. The van der Waals surface area contributed by atoms with E-state index in [1.165, 1.54) is 18.7 Å². The van der Waals surface area contributed by atoms with Crippen LogP contribution in [0.5, 0.6) is 0 Å². The van der Waals surface area contributed by atoms with Gasteiger partial charge in [-0.25, -0.2) is 14.4 Å². The van der Waals surface area contributed by atoms with Crippen LogP contribution in [-0.2, 0) is 20.9 Å². The zero-order chi connectivity index (χ0) is 18.1. The third-order valence-corrected chi connectivity index (χ3v) is 4.05. The number of hydrogen-bond donors (Lipinski definition) is 2. The average Bonchev–Trinajstić information content (AvgIpc) is 2.56. The first-order valence-electron chi connectivity index (χ1n) is 7.32. The lowest BCUT2D eigenvalue weighted by molar-refractivity contribution is -0.149. The van der Waals surface area contributed by atoms with Gasteiger partial charge in [0.1, 0.15) is 18.7 Å². The van der Waals surface area contributed by atoms with Crippen molar-refractivity contribution in [3.8, 4) is 0 Å². The molecule has 1 amide bonds. The Morgan fingerprint density at radius 1 is 1.17 bits per heavy atom. The van der Waals surface area contributed by atoms with E-state index in [0.29, 0.717) is 5.75 Å². The van der Waals surface area contributed by atoms with E-state index in [2.05, 4.69) is 0 Å². The zero-order valence-corrected chi connectivity index (χ0v) is 14.4. The smallest absolute Gasteiger partial charge is 0.411 e. The summed E-state index contributed by atoms with van der Waals surface area (Å²) in [4.78, 5) is 35.9. The van der Waals surface area contributed by atoms with Crippen molar-refractivity contribution in [1.82, 2.24) is 4.90 Å². The summed E-state index contributed by atoms with van der Waals surface area (Å²) < 4.78 is 5.13. The fourth-order valence-electron chi connectivity index (χ4n) is 2.08. The molecule has 0 spiro atoms. The number of carbonyl (C=O) groups is 3. The highest BCUT2D eigenvalue weighted by Gasteiger charge is 2.37. The number of aliphatic carboxylic acids is 2. The minimum Gasteiger partial charge on any atom is -0.480 e. The van der Waals surface area contributed by atoms with E-state index >= 15 is 0 Å². The molecule has 8 heteroatoms. The Hall–Kier alpha value is -2.22. The van der Waals surface area contributed by atoms with Crippen LogP contribution in [0.2, 0.25) is 0 Å². The van der Waals surface area contributed by atoms with Gasteiger partial charge in [0.2, 0.25) is 0 Å². The van der Waals surface area contributed by atoms with Crippen LogP contribution in [0.15, 0.2) is 30.3 Å². The Kier molecular flexibility index (Phi) is 8.11. The van der Waals surface area contributed by atoms with Crippen LogP contribution in [0.25, 0.3) is 0 Å². The topological polar surface area (TPSA) is 104 Å². The highest BCUT2D eigenvalue weighted by Crippen LogP contribution is 2.16. The monoisotopic (exact) mass is 355 g/mol. The van der Waals surface area contributed by atoms with Crippen molar-refractivity contribution in [2.75, 3.05) is 12.0 Å². The normalized spacial score (nSPS) is 12.9. The maximum atomic E-state index is 12.3.